The molecular weight excluding hydrogens is 276 g/mol. The normalized spacial score (nSPS) is 18.3. The van der Waals surface area contributed by atoms with E-state index in [-0.39, 0.29) is 30.1 Å². The highest BCUT2D eigenvalue weighted by Crippen LogP contribution is 2.12. The van der Waals surface area contributed by atoms with E-state index in [2.05, 4.69) is 5.32 Å². The van der Waals surface area contributed by atoms with Gasteiger partial charge >= 0.3 is 0 Å². The zero-order valence-electron chi connectivity index (χ0n) is 11.9. The highest BCUT2D eigenvalue weighted by Gasteiger charge is 2.23. The molecule has 1 N–H and O–H groups in total. The molecule has 1 aliphatic rings. The van der Waals surface area contributed by atoms with Gasteiger partial charge in [-0.3, -0.25) is 9.59 Å². The second-order valence-electron chi connectivity index (χ2n) is 4.91. The molecule has 1 unspecified atom stereocenters. The first-order valence-electron chi connectivity index (χ1n) is 6.78. The summed E-state index contributed by atoms with van der Waals surface area (Å²) >= 11 is 0. The molecule has 0 radical (unpaired) electrons. The standard InChI is InChI=1S/C15H20N2O2.ClH/c1-3-14(18)12-4-6-13(7-5-12)15(19)17-9-8-16-10-11(17)2;/h4-7,11,16H,3,8-10H2,1-2H3;1H. The number of amides is 1. The van der Waals surface area contributed by atoms with Gasteiger partial charge in [0.1, 0.15) is 0 Å². The van der Waals surface area contributed by atoms with Crippen LogP contribution >= 0.6 is 12.4 Å². The van der Waals surface area contributed by atoms with Gasteiger partial charge in [0.05, 0.1) is 0 Å². The van der Waals surface area contributed by atoms with Crippen LogP contribution < -0.4 is 5.32 Å². The van der Waals surface area contributed by atoms with Crippen LogP contribution in [0.5, 0.6) is 0 Å². The van der Waals surface area contributed by atoms with Crippen molar-refractivity contribution in [3.05, 3.63) is 35.4 Å². The maximum absolute atomic E-state index is 12.4. The summed E-state index contributed by atoms with van der Waals surface area (Å²) in [5.41, 5.74) is 1.33. The van der Waals surface area contributed by atoms with Crippen LogP contribution in [0, 0.1) is 0 Å². The zero-order chi connectivity index (χ0) is 13.8. The summed E-state index contributed by atoms with van der Waals surface area (Å²) in [7, 11) is 0. The smallest absolute Gasteiger partial charge is 0.254 e. The molecule has 2 rings (SSSR count). The number of nitrogens with one attached hydrogen (secondary N) is 1. The number of carbonyl (C=O) groups is 2. The summed E-state index contributed by atoms with van der Waals surface area (Å²) in [4.78, 5) is 25.8. The molecule has 1 aromatic rings. The largest absolute Gasteiger partial charge is 0.333 e. The first-order valence-corrected chi connectivity index (χ1v) is 6.78. The number of rotatable bonds is 3. The van der Waals surface area contributed by atoms with Gasteiger partial charge in [0.25, 0.3) is 5.91 Å². The van der Waals surface area contributed by atoms with Gasteiger partial charge < -0.3 is 10.2 Å². The zero-order valence-corrected chi connectivity index (χ0v) is 12.7. The number of ketones is 1. The van der Waals surface area contributed by atoms with Gasteiger partial charge in [-0.25, -0.2) is 0 Å². The summed E-state index contributed by atoms with van der Waals surface area (Å²) in [5, 5.41) is 3.26. The third-order valence-corrected chi connectivity index (χ3v) is 3.54. The average molecular weight is 297 g/mol. The Labute approximate surface area is 125 Å². The molecule has 1 aromatic carbocycles. The van der Waals surface area contributed by atoms with E-state index in [4.69, 9.17) is 0 Å². The second kappa shape index (κ2) is 7.41. The van der Waals surface area contributed by atoms with Crippen molar-refractivity contribution in [1.82, 2.24) is 10.2 Å². The predicted octanol–water partition coefficient (Wildman–Crippen LogP) is 2.14. The summed E-state index contributed by atoms with van der Waals surface area (Å²) in [6.45, 7) is 6.28. The summed E-state index contributed by atoms with van der Waals surface area (Å²) < 4.78 is 0. The van der Waals surface area contributed by atoms with Gasteiger partial charge in [-0.05, 0) is 19.1 Å². The fourth-order valence-electron chi connectivity index (χ4n) is 2.31. The molecule has 0 aliphatic carbocycles. The number of piperazine rings is 1. The Morgan fingerprint density at radius 3 is 2.40 bits per heavy atom. The quantitative estimate of drug-likeness (QED) is 0.870. The van der Waals surface area contributed by atoms with Gasteiger partial charge in [-0.15, -0.1) is 12.4 Å². The Kier molecular flexibility index (Phi) is 6.17. The van der Waals surface area contributed by atoms with Crippen molar-refractivity contribution in [2.75, 3.05) is 19.6 Å². The maximum atomic E-state index is 12.4. The molecule has 1 atom stereocenters. The van der Waals surface area contributed by atoms with E-state index in [0.717, 1.165) is 19.6 Å². The Morgan fingerprint density at radius 1 is 1.25 bits per heavy atom. The molecule has 0 spiro atoms. The average Bonchev–Trinajstić information content (AvgIpc) is 2.46. The molecule has 4 nitrogen and oxygen atoms in total. The van der Waals surface area contributed by atoms with Crippen LogP contribution in [0.25, 0.3) is 0 Å². The number of benzene rings is 1. The number of carbonyl (C=O) groups excluding carboxylic acids is 2. The number of hydrogen-bond acceptors (Lipinski definition) is 3. The van der Waals surface area contributed by atoms with Crippen LogP contribution in [0.3, 0.4) is 0 Å². The molecular formula is C15H21ClN2O2. The van der Waals surface area contributed by atoms with Crippen LogP contribution in [-0.2, 0) is 0 Å². The number of nitrogens with zero attached hydrogens (tertiary/aromatic N) is 1. The number of hydrogen-bond donors (Lipinski definition) is 1. The third kappa shape index (κ3) is 3.58. The van der Waals surface area contributed by atoms with Crippen molar-refractivity contribution in [1.29, 1.82) is 0 Å². The van der Waals surface area contributed by atoms with E-state index in [9.17, 15) is 9.59 Å². The summed E-state index contributed by atoms with van der Waals surface area (Å²) in [6.07, 6.45) is 0.488. The number of Topliss-reactive ketones (excluding diaryl/α,β-unsaturated/α-hetero) is 1. The lowest BCUT2D eigenvalue weighted by molar-refractivity contribution is 0.0655. The van der Waals surface area contributed by atoms with Crippen molar-refractivity contribution in [3.8, 4) is 0 Å². The van der Waals surface area contributed by atoms with E-state index in [1.165, 1.54) is 0 Å². The monoisotopic (exact) mass is 296 g/mol. The first kappa shape index (κ1) is 16.7. The van der Waals surface area contributed by atoms with Crippen LogP contribution in [-0.4, -0.2) is 42.3 Å². The lowest BCUT2D eigenvalue weighted by Crippen LogP contribution is -2.52. The van der Waals surface area contributed by atoms with E-state index < -0.39 is 0 Å². The minimum absolute atomic E-state index is 0. The van der Waals surface area contributed by atoms with Crippen molar-refractivity contribution in [2.45, 2.75) is 26.3 Å². The molecule has 1 saturated heterocycles. The van der Waals surface area contributed by atoms with Crippen molar-refractivity contribution in [3.63, 3.8) is 0 Å². The van der Waals surface area contributed by atoms with Crippen LogP contribution in [0.2, 0.25) is 0 Å². The van der Waals surface area contributed by atoms with E-state index in [0.29, 0.717) is 17.5 Å². The molecule has 20 heavy (non-hydrogen) atoms. The maximum Gasteiger partial charge on any atom is 0.254 e. The molecule has 110 valence electrons. The van der Waals surface area contributed by atoms with E-state index in [1.54, 1.807) is 24.3 Å². The van der Waals surface area contributed by atoms with Gasteiger partial charge in [-0.2, -0.15) is 0 Å². The second-order valence-corrected chi connectivity index (χ2v) is 4.91. The van der Waals surface area contributed by atoms with E-state index in [1.807, 2.05) is 18.7 Å². The fraction of sp³-hybridized carbons (Fsp3) is 0.467. The molecule has 1 aliphatic heterocycles. The minimum atomic E-state index is 0. The molecule has 5 heteroatoms. The number of halogens is 1. The minimum Gasteiger partial charge on any atom is -0.333 e. The molecule has 0 saturated carbocycles. The van der Waals surface area contributed by atoms with Gasteiger partial charge in [-0.1, -0.05) is 19.1 Å². The Hall–Kier alpha value is -1.39. The van der Waals surface area contributed by atoms with Crippen LogP contribution in [0.1, 0.15) is 41.0 Å². The Morgan fingerprint density at radius 2 is 1.85 bits per heavy atom. The van der Waals surface area contributed by atoms with Crippen LogP contribution in [0.4, 0.5) is 0 Å². The molecule has 0 aromatic heterocycles. The molecule has 1 heterocycles. The lowest BCUT2D eigenvalue weighted by atomic mass is 10.1. The van der Waals surface area contributed by atoms with Gasteiger partial charge in [0.15, 0.2) is 5.78 Å². The highest BCUT2D eigenvalue weighted by atomic mass is 35.5. The van der Waals surface area contributed by atoms with Crippen molar-refractivity contribution >= 4 is 24.1 Å². The topological polar surface area (TPSA) is 49.4 Å². The lowest BCUT2D eigenvalue weighted by Gasteiger charge is -2.34. The third-order valence-electron chi connectivity index (χ3n) is 3.54. The summed E-state index contributed by atoms with van der Waals surface area (Å²) in [5.74, 6) is 0.152. The Balaban J connectivity index is 0.00000200. The molecule has 1 fully saturated rings. The fourth-order valence-corrected chi connectivity index (χ4v) is 2.31. The van der Waals surface area contributed by atoms with E-state index >= 15 is 0 Å². The molecule has 0 bridgehead atoms. The summed E-state index contributed by atoms with van der Waals surface area (Å²) in [6, 6.07) is 7.19. The van der Waals surface area contributed by atoms with Crippen molar-refractivity contribution < 1.29 is 9.59 Å². The van der Waals surface area contributed by atoms with Crippen LogP contribution in [0.15, 0.2) is 24.3 Å². The molecule has 1 amide bonds. The first-order chi connectivity index (χ1) is 9.13. The van der Waals surface area contributed by atoms with Crippen molar-refractivity contribution in [2.24, 2.45) is 0 Å². The SMILES string of the molecule is CCC(=O)c1ccc(C(=O)N2CCNCC2C)cc1.Cl. The predicted molar refractivity (Wildman–Crippen MR) is 81.7 cm³/mol. The highest BCUT2D eigenvalue weighted by molar-refractivity contribution is 5.98. The van der Waals surface area contributed by atoms with Gasteiger partial charge in [0, 0.05) is 43.2 Å². The van der Waals surface area contributed by atoms with Gasteiger partial charge in [0.2, 0.25) is 0 Å². The Bertz CT molecular complexity index is 473.